The van der Waals surface area contributed by atoms with Gasteiger partial charge in [0.1, 0.15) is 6.04 Å². The van der Waals surface area contributed by atoms with Gasteiger partial charge in [-0.2, -0.15) is 0 Å². The molecule has 3 N–H and O–H groups in total. The third-order valence-corrected chi connectivity index (χ3v) is 4.50. The second-order valence-electron chi connectivity index (χ2n) is 7.12. The summed E-state index contributed by atoms with van der Waals surface area (Å²) in [7, 11) is 1.26. The van der Waals surface area contributed by atoms with Gasteiger partial charge in [-0.15, -0.1) is 6.58 Å². The zero-order chi connectivity index (χ0) is 21.1. The van der Waals surface area contributed by atoms with Crippen LogP contribution in [0.25, 0.3) is 0 Å². The lowest BCUT2D eigenvalue weighted by Gasteiger charge is -2.27. The molecule has 1 aromatic rings. The van der Waals surface area contributed by atoms with Crippen LogP contribution in [0.5, 0.6) is 0 Å². The van der Waals surface area contributed by atoms with Gasteiger partial charge in [0.15, 0.2) is 0 Å². The third-order valence-electron chi connectivity index (χ3n) is 4.50. The first-order valence-electron chi connectivity index (χ1n) is 9.30. The third kappa shape index (κ3) is 7.15. The summed E-state index contributed by atoms with van der Waals surface area (Å²) in [6, 6.07) is 8.38. The van der Waals surface area contributed by atoms with E-state index >= 15 is 0 Å². The highest BCUT2D eigenvalue weighted by Gasteiger charge is 2.35. The maximum atomic E-state index is 13.0. The quantitative estimate of drug-likeness (QED) is 0.233. The number of esters is 1. The van der Waals surface area contributed by atoms with Crippen LogP contribution in [-0.2, 0) is 25.5 Å². The van der Waals surface area contributed by atoms with Crippen LogP contribution in [0.2, 0.25) is 0 Å². The van der Waals surface area contributed by atoms with Crippen molar-refractivity contribution >= 4 is 17.8 Å². The predicted molar refractivity (Wildman–Crippen MR) is 105 cm³/mol. The Hall–Kier alpha value is -2.67. The Morgan fingerprint density at radius 3 is 2.29 bits per heavy atom. The monoisotopic (exact) mass is 390 g/mol. The minimum Gasteiger partial charge on any atom is -0.467 e. The number of hydrogen-bond donors (Lipinski definition) is 3. The van der Waals surface area contributed by atoms with Gasteiger partial charge in [-0.3, -0.25) is 14.8 Å². The Bertz CT molecular complexity index is 660. The number of carbonyl (C=O) groups is 3. The molecule has 0 heterocycles. The van der Waals surface area contributed by atoms with Crippen molar-refractivity contribution < 1.29 is 24.3 Å². The van der Waals surface area contributed by atoms with Gasteiger partial charge in [-0.25, -0.2) is 10.3 Å². The number of benzene rings is 1. The SMILES string of the molecule is C=CC[C@H](C(=O)NO)[C@@H](CC(C)C)C(=O)N[C@@H](Cc1ccccc1)C(=O)OC. The fourth-order valence-electron chi connectivity index (χ4n) is 3.14. The summed E-state index contributed by atoms with van der Waals surface area (Å²) in [5, 5.41) is 11.8. The summed E-state index contributed by atoms with van der Waals surface area (Å²) in [4.78, 5) is 37.3. The Morgan fingerprint density at radius 2 is 1.79 bits per heavy atom. The molecule has 0 saturated carbocycles. The fraction of sp³-hybridized carbons (Fsp3) is 0.476. The van der Waals surface area contributed by atoms with Crippen LogP contribution in [-0.4, -0.2) is 36.1 Å². The first-order valence-corrected chi connectivity index (χ1v) is 9.30. The number of nitrogens with one attached hydrogen (secondary N) is 2. The van der Waals surface area contributed by atoms with E-state index in [4.69, 9.17) is 9.94 Å². The molecule has 0 aliphatic heterocycles. The highest BCUT2D eigenvalue weighted by atomic mass is 16.5. The normalized spacial score (nSPS) is 13.9. The molecule has 0 bridgehead atoms. The van der Waals surface area contributed by atoms with Crippen LogP contribution in [0.1, 0.15) is 32.3 Å². The van der Waals surface area contributed by atoms with Crippen molar-refractivity contribution in [3.8, 4) is 0 Å². The molecular weight excluding hydrogens is 360 g/mol. The Morgan fingerprint density at radius 1 is 1.14 bits per heavy atom. The molecule has 0 unspecified atom stereocenters. The smallest absolute Gasteiger partial charge is 0.328 e. The average Bonchev–Trinajstić information content (AvgIpc) is 2.69. The van der Waals surface area contributed by atoms with Crippen molar-refractivity contribution in [2.45, 2.75) is 39.2 Å². The molecule has 0 aliphatic rings. The molecule has 1 rings (SSSR count). The second kappa shape index (κ2) is 11.9. The molecule has 154 valence electrons. The molecule has 0 spiro atoms. The standard InChI is InChI=1S/C21H30N2O5/c1-5-9-16(20(25)23-27)17(12-14(2)3)19(24)22-18(21(26)28-4)13-15-10-7-6-8-11-15/h5-8,10-11,14,16-18,27H,1,9,12-13H2,2-4H3,(H,22,24)(H,23,25)/t16-,17+,18-/m0/s1. The Kier molecular flexibility index (Phi) is 9.95. The summed E-state index contributed by atoms with van der Waals surface area (Å²) in [6.45, 7) is 7.50. The van der Waals surface area contributed by atoms with Gasteiger partial charge in [0.2, 0.25) is 11.8 Å². The molecule has 2 amide bonds. The molecule has 3 atom stereocenters. The highest BCUT2D eigenvalue weighted by molar-refractivity contribution is 5.90. The number of allylic oxidation sites excluding steroid dienone is 1. The van der Waals surface area contributed by atoms with E-state index in [1.165, 1.54) is 13.2 Å². The van der Waals surface area contributed by atoms with Gasteiger partial charge in [0, 0.05) is 6.42 Å². The lowest BCUT2D eigenvalue weighted by atomic mass is 9.82. The minimum atomic E-state index is -0.879. The average molecular weight is 390 g/mol. The van der Waals surface area contributed by atoms with Crippen molar-refractivity contribution in [2.75, 3.05) is 7.11 Å². The van der Waals surface area contributed by atoms with E-state index in [1.807, 2.05) is 44.2 Å². The van der Waals surface area contributed by atoms with Gasteiger partial charge in [-0.1, -0.05) is 50.3 Å². The topological polar surface area (TPSA) is 105 Å². The van der Waals surface area contributed by atoms with E-state index in [2.05, 4.69) is 11.9 Å². The molecule has 28 heavy (non-hydrogen) atoms. The number of hydroxylamine groups is 1. The Balaban J connectivity index is 3.07. The Labute approximate surface area is 166 Å². The summed E-state index contributed by atoms with van der Waals surface area (Å²) in [5.41, 5.74) is 2.50. The number of carbonyl (C=O) groups excluding carboxylic acids is 3. The van der Waals surface area contributed by atoms with Gasteiger partial charge in [0.25, 0.3) is 0 Å². The van der Waals surface area contributed by atoms with Gasteiger partial charge in [-0.05, 0) is 24.3 Å². The van der Waals surface area contributed by atoms with Crippen molar-refractivity contribution in [1.29, 1.82) is 0 Å². The molecule has 0 fully saturated rings. The molecule has 0 aliphatic carbocycles. The van der Waals surface area contributed by atoms with Crippen molar-refractivity contribution in [3.63, 3.8) is 0 Å². The maximum Gasteiger partial charge on any atom is 0.328 e. The zero-order valence-corrected chi connectivity index (χ0v) is 16.7. The van der Waals surface area contributed by atoms with Crippen LogP contribution in [0.4, 0.5) is 0 Å². The lowest BCUT2D eigenvalue weighted by Crippen LogP contribution is -2.49. The van der Waals surface area contributed by atoms with Gasteiger partial charge in [0.05, 0.1) is 18.9 Å². The second-order valence-corrected chi connectivity index (χ2v) is 7.12. The van der Waals surface area contributed by atoms with E-state index in [1.54, 1.807) is 5.48 Å². The van der Waals surface area contributed by atoms with E-state index in [-0.39, 0.29) is 18.8 Å². The zero-order valence-electron chi connectivity index (χ0n) is 16.7. The molecule has 0 saturated heterocycles. The maximum absolute atomic E-state index is 13.0. The van der Waals surface area contributed by atoms with Crippen molar-refractivity contribution in [1.82, 2.24) is 10.8 Å². The fourth-order valence-corrected chi connectivity index (χ4v) is 3.14. The highest BCUT2D eigenvalue weighted by Crippen LogP contribution is 2.25. The molecule has 1 aromatic carbocycles. The number of amides is 2. The number of ether oxygens (including phenoxy) is 1. The summed E-state index contributed by atoms with van der Waals surface area (Å²) in [6.07, 6.45) is 2.43. The largest absolute Gasteiger partial charge is 0.467 e. The first kappa shape index (κ1) is 23.4. The first-order chi connectivity index (χ1) is 13.3. The summed E-state index contributed by atoms with van der Waals surface area (Å²) in [5.74, 6) is -3.05. The molecule has 0 radical (unpaired) electrons. The van der Waals surface area contributed by atoms with Crippen molar-refractivity contribution in [2.24, 2.45) is 17.8 Å². The van der Waals surface area contributed by atoms with Gasteiger partial charge >= 0.3 is 5.97 Å². The number of hydrogen-bond acceptors (Lipinski definition) is 5. The molecule has 7 nitrogen and oxygen atoms in total. The number of methoxy groups -OCH3 is 1. The molecule has 0 aromatic heterocycles. The van der Waals surface area contributed by atoms with Crippen LogP contribution in [0.3, 0.4) is 0 Å². The van der Waals surface area contributed by atoms with E-state index in [0.29, 0.717) is 6.42 Å². The molecular formula is C21H30N2O5. The van der Waals surface area contributed by atoms with E-state index in [0.717, 1.165) is 5.56 Å². The number of rotatable bonds is 11. The van der Waals surface area contributed by atoms with Crippen LogP contribution in [0, 0.1) is 17.8 Å². The summed E-state index contributed by atoms with van der Waals surface area (Å²) < 4.78 is 4.83. The van der Waals surface area contributed by atoms with E-state index in [9.17, 15) is 14.4 Å². The van der Waals surface area contributed by atoms with Crippen LogP contribution >= 0.6 is 0 Å². The van der Waals surface area contributed by atoms with E-state index < -0.39 is 35.7 Å². The minimum absolute atomic E-state index is 0.125. The van der Waals surface area contributed by atoms with Crippen LogP contribution in [0.15, 0.2) is 43.0 Å². The predicted octanol–water partition coefficient (Wildman–Crippen LogP) is 2.25. The van der Waals surface area contributed by atoms with Crippen LogP contribution < -0.4 is 10.8 Å². The van der Waals surface area contributed by atoms with Gasteiger partial charge < -0.3 is 10.1 Å². The van der Waals surface area contributed by atoms with Crippen molar-refractivity contribution in [3.05, 3.63) is 48.6 Å². The molecule has 7 heteroatoms. The summed E-state index contributed by atoms with van der Waals surface area (Å²) >= 11 is 0. The lowest BCUT2D eigenvalue weighted by molar-refractivity contribution is -0.147.